The van der Waals surface area contributed by atoms with E-state index in [2.05, 4.69) is 50.0 Å². The number of ether oxygens (including phenoxy) is 1. The Balaban J connectivity index is 0.00000261. The van der Waals surface area contributed by atoms with Crippen molar-refractivity contribution in [3.63, 3.8) is 0 Å². The van der Waals surface area contributed by atoms with Crippen LogP contribution < -0.4 is 5.73 Å². The number of unbranched alkanes of at least 4 members (excludes halogenated alkanes) is 1. The third-order valence-electron chi connectivity index (χ3n) is 5.21. The minimum Gasteiger partial charge on any atom is -0.378 e. The summed E-state index contributed by atoms with van der Waals surface area (Å²) in [4.78, 5) is 11.8. The molecule has 152 valence electrons. The van der Waals surface area contributed by atoms with Crippen LogP contribution >= 0.6 is 24.0 Å². The van der Waals surface area contributed by atoms with E-state index >= 15 is 0 Å². The molecule has 6 nitrogen and oxygen atoms in total. The second kappa shape index (κ2) is 12.5. The number of morpholine rings is 1. The van der Waals surface area contributed by atoms with Crippen LogP contribution in [0.25, 0.3) is 0 Å². The van der Waals surface area contributed by atoms with Crippen LogP contribution in [0.15, 0.2) is 35.3 Å². The van der Waals surface area contributed by atoms with Crippen LogP contribution in [0.5, 0.6) is 0 Å². The first-order valence-electron chi connectivity index (χ1n) is 9.92. The summed E-state index contributed by atoms with van der Waals surface area (Å²) in [5.41, 5.74) is 7.47. The van der Waals surface area contributed by atoms with E-state index in [4.69, 9.17) is 10.5 Å². The lowest BCUT2D eigenvalue weighted by molar-refractivity contribution is 0.0674. The van der Waals surface area contributed by atoms with E-state index in [9.17, 15) is 0 Å². The molecule has 1 aromatic rings. The topological polar surface area (TPSA) is 57.3 Å². The number of hydrogen-bond donors (Lipinski definition) is 1. The van der Waals surface area contributed by atoms with Crippen LogP contribution in [-0.2, 0) is 11.3 Å². The van der Waals surface area contributed by atoms with Crippen molar-refractivity contribution >= 4 is 29.9 Å². The Morgan fingerprint density at radius 1 is 0.926 bits per heavy atom. The molecule has 0 saturated carbocycles. The molecule has 0 amide bonds. The summed E-state index contributed by atoms with van der Waals surface area (Å²) in [5.74, 6) is 0.683. The van der Waals surface area contributed by atoms with E-state index in [0.717, 1.165) is 58.9 Å². The first-order valence-corrected chi connectivity index (χ1v) is 9.92. The number of nitrogens with two attached hydrogens (primary N) is 1. The highest BCUT2D eigenvalue weighted by atomic mass is 127. The molecule has 2 saturated heterocycles. The van der Waals surface area contributed by atoms with Gasteiger partial charge in [-0.25, -0.2) is 0 Å². The maximum absolute atomic E-state index is 6.06. The van der Waals surface area contributed by atoms with Gasteiger partial charge in [-0.3, -0.25) is 9.89 Å². The number of aliphatic imine (C=N–C) groups is 1. The molecule has 0 unspecified atom stereocenters. The molecule has 0 spiro atoms. The molecule has 2 aliphatic rings. The Bertz CT molecular complexity index is 543. The minimum absolute atomic E-state index is 0. The molecule has 0 aliphatic carbocycles. The van der Waals surface area contributed by atoms with Gasteiger partial charge in [-0.05, 0) is 24.9 Å². The normalized spacial score (nSPS) is 19.7. The van der Waals surface area contributed by atoms with Crippen molar-refractivity contribution < 1.29 is 4.74 Å². The zero-order valence-corrected chi connectivity index (χ0v) is 18.6. The van der Waals surface area contributed by atoms with Gasteiger partial charge in [-0.2, -0.15) is 0 Å². The molecular formula is C20H34IN5O. The smallest absolute Gasteiger partial charge is 0.191 e. The van der Waals surface area contributed by atoms with Crippen LogP contribution in [0.3, 0.4) is 0 Å². The van der Waals surface area contributed by atoms with Crippen molar-refractivity contribution in [3.8, 4) is 0 Å². The van der Waals surface area contributed by atoms with Crippen molar-refractivity contribution in [1.82, 2.24) is 14.7 Å². The molecule has 3 rings (SSSR count). The Kier molecular flexibility index (Phi) is 10.4. The van der Waals surface area contributed by atoms with Crippen molar-refractivity contribution in [3.05, 3.63) is 35.9 Å². The molecule has 2 fully saturated rings. The van der Waals surface area contributed by atoms with Crippen molar-refractivity contribution in [2.75, 3.05) is 65.6 Å². The quantitative estimate of drug-likeness (QED) is 0.276. The summed E-state index contributed by atoms with van der Waals surface area (Å²) in [6.07, 6.45) is 2.30. The second-order valence-corrected chi connectivity index (χ2v) is 7.15. The summed E-state index contributed by atoms with van der Waals surface area (Å²) < 4.78 is 5.34. The number of nitrogens with zero attached hydrogens (tertiary/aromatic N) is 4. The molecule has 2 N–H and O–H groups in total. The fourth-order valence-electron chi connectivity index (χ4n) is 3.55. The van der Waals surface area contributed by atoms with Gasteiger partial charge in [-0.15, -0.1) is 24.0 Å². The second-order valence-electron chi connectivity index (χ2n) is 7.15. The van der Waals surface area contributed by atoms with E-state index < -0.39 is 0 Å². The molecule has 1 aromatic carbocycles. The number of rotatable bonds is 7. The van der Waals surface area contributed by atoms with Gasteiger partial charge in [0.15, 0.2) is 5.96 Å². The predicted octanol–water partition coefficient (Wildman–Crippen LogP) is 1.85. The van der Waals surface area contributed by atoms with Gasteiger partial charge in [0.25, 0.3) is 0 Å². The lowest BCUT2D eigenvalue weighted by Gasteiger charge is -2.34. The number of guanidine groups is 1. The molecule has 27 heavy (non-hydrogen) atoms. The third kappa shape index (κ3) is 7.93. The standard InChI is InChI=1S/C20H33N5O.HI/c21-20(25-14-16-26-17-15-25)22-8-4-5-9-23-10-12-24(13-11-23)18-19-6-2-1-3-7-19;/h1-3,6-7H,4-5,8-18H2,(H2,21,22);1H. The van der Waals surface area contributed by atoms with Gasteiger partial charge < -0.3 is 20.3 Å². The van der Waals surface area contributed by atoms with E-state index in [-0.39, 0.29) is 24.0 Å². The number of hydrogen-bond acceptors (Lipinski definition) is 4. The lowest BCUT2D eigenvalue weighted by Crippen LogP contribution is -2.46. The van der Waals surface area contributed by atoms with Gasteiger partial charge in [0.2, 0.25) is 0 Å². The SMILES string of the molecule is I.NC(=NCCCCN1CCN(Cc2ccccc2)CC1)N1CCOCC1. The Labute approximate surface area is 180 Å². The summed E-state index contributed by atoms with van der Waals surface area (Å²) in [6.45, 7) is 11.0. The fraction of sp³-hybridized carbons (Fsp3) is 0.650. The van der Waals surface area contributed by atoms with Gasteiger partial charge in [-0.1, -0.05) is 30.3 Å². The lowest BCUT2D eigenvalue weighted by atomic mass is 10.2. The van der Waals surface area contributed by atoms with Crippen molar-refractivity contribution in [1.29, 1.82) is 0 Å². The largest absolute Gasteiger partial charge is 0.378 e. The first kappa shape index (κ1) is 22.4. The average Bonchev–Trinajstić information content (AvgIpc) is 2.70. The van der Waals surface area contributed by atoms with Crippen LogP contribution in [0.4, 0.5) is 0 Å². The van der Waals surface area contributed by atoms with Crippen LogP contribution in [0.2, 0.25) is 0 Å². The van der Waals surface area contributed by atoms with Gasteiger partial charge in [0.05, 0.1) is 13.2 Å². The van der Waals surface area contributed by atoms with Gasteiger partial charge >= 0.3 is 0 Å². The monoisotopic (exact) mass is 487 g/mol. The molecule has 7 heteroatoms. The maximum Gasteiger partial charge on any atom is 0.191 e. The predicted molar refractivity (Wildman–Crippen MR) is 122 cm³/mol. The summed E-state index contributed by atoms with van der Waals surface area (Å²) in [7, 11) is 0. The minimum atomic E-state index is 0. The zero-order valence-electron chi connectivity index (χ0n) is 16.3. The molecule has 0 radical (unpaired) electrons. The Hall–Kier alpha value is -0.900. The van der Waals surface area contributed by atoms with Gasteiger partial charge in [0.1, 0.15) is 0 Å². The highest BCUT2D eigenvalue weighted by Crippen LogP contribution is 2.09. The first-order chi connectivity index (χ1) is 12.8. The molecule has 0 bridgehead atoms. The Morgan fingerprint density at radius 3 is 2.30 bits per heavy atom. The molecule has 0 atom stereocenters. The highest BCUT2D eigenvalue weighted by Gasteiger charge is 2.16. The molecule has 0 aromatic heterocycles. The van der Waals surface area contributed by atoms with Crippen LogP contribution in [0, 0.1) is 0 Å². The van der Waals surface area contributed by atoms with E-state index in [0.29, 0.717) is 5.96 Å². The van der Waals surface area contributed by atoms with E-state index in [1.54, 1.807) is 0 Å². The molecule has 2 heterocycles. The van der Waals surface area contributed by atoms with Gasteiger partial charge in [0, 0.05) is 52.4 Å². The fourth-order valence-corrected chi connectivity index (χ4v) is 3.55. The summed E-state index contributed by atoms with van der Waals surface area (Å²) >= 11 is 0. The van der Waals surface area contributed by atoms with Crippen molar-refractivity contribution in [2.24, 2.45) is 10.7 Å². The number of halogens is 1. The zero-order chi connectivity index (χ0) is 18.0. The number of piperazine rings is 1. The van der Waals surface area contributed by atoms with Crippen molar-refractivity contribution in [2.45, 2.75) is 19.4 Å². The average molecular weight is 487 g/mol. The summed E-state index contributed by atoms with van der Waals surface area (Å²) in [6, 6.07) is 10.8. The number of benzene rings is 1. The van der Waals surface area contributed by atoms with E-state index in [1.807, 2.05) is 0 Å². The summed E-state index contributed by atoms with van der Waals surface area (Å²) in [5, 5.41) is 0. The maximum atomic E-state index is 6.06. The molecular weight excluding hydrogens is 453 g/mol. The van der Waals surface area contributed by atoms with E-state index in [1.165, 1.54) is 31.6 Å². The molecule has 2 aliphatic heterocycles. The Morgan fingerprint density at radius 2 is 1.59 bits per heavy atom. The van der Waals surface area contributed by atoms with Crippen LogP contribution in [-0.4, -0.2) is 86.2 Å². The third-order valence-corrected chi connectivity index (χ3v) is 5.21. The van der Waals surface area contributed by atoms with Crippen LogP contribution in [0.1, 0.15) is 18.4 Å². The highest BCUT2D eigenvalue weighted by molar-refractivity contribution is 14.0.